The molecule has 0 unspecified atom stereocenters. The van der Waals surface area contributed by atoms with Gasteiger partial charge in [-0.3, -0.25) is 19.5 Å². The first kappa shape index (κ1) is 27.7. The number of aromatic nitrogens is 3. The topological polar surface area (TPSA) is 91.3 Å². The Balaban J connectivity index is 1.23. The van der Waals surface area contributed by atoms with E-state index >= 15 is 0 Å². The molecular weight excluding hydrogens is 541 g/mol. The summed E-state index contributed by atoms with van der Waals surface area (Å²) in [5.41, 5.74) is 4.31. The van der Waals surface area contributed by atoms with Crippen LogP contribution in [0.5, 0.6) is 0 Å². The first-order valence-electron chi connectivity index (χ1n) is 12.8. The van der Waals surface area contributed by atoms with Crippen molar-refractivity contribution in [2.24, 2.45) is 0 Å². The van der Waals surface area contributed by atoms with E-state index in [0.29, 0.717) is 48.4 Å². The number of halogens is 3. The van der Waals surface area contributed by atoms with E-state index in [-0.39, 0.29) is 24.9 Å². The molecule has 0 aliphatic carbocycles. The van der Waals surface area contributed by atoms with Crippen molar-refractivity contribution in [2.45, 2.75) is 25.9 Å². The fourth-order valence-corrected chi connectivity index (χ4v) is 5.61. The first-order chi connectivity index (χ1) is 19.2. The molecule has 2 aromatic heterocycles. The van der Waals surface area contributed by atoms with Gasteiger partial charge in [0, 0.05) is 54.9 Å². The van der Waals surface area contributed by atoms with E-state index in [0.717, 1.165) is 21.6 Å². The number of aryl methyl sites for hydroxylation is 1. The van der Waals surface area contributed by atoms with Crippen LogP contribution in [0.3, 0.4) is 0 Å². The molecule has 3 heterocycles. The van der Waals surface area contributed by atoms with Crippen molar-refractivity contribution >= 4 is 40.1 Å². The first-order valence-corrected chi connectivity index (χ1v) is 13.6. The number of rotatable bonds is 6. The van der Waals surface area contributed by atoms with E-state index < -0.39 is 12.7 Å². The second kappa shape index (κ2) is 11.7. The third-order valence-electron chi connectivity index (χ3n) is 6.67. The molecule has 1 fully saturated rings. The molecule has 208 valence electrons. The van der Waals surface area contributed by atoms with E-state index in [9.17, 15) is 22.8 Å². The highest BCUT2D eigenvalue weighted by atomic mass is 32.1. The summed E-state index contributed by atoms with van der Waals surface area (Å²) in [6, 6.07) is 14.1. The van der Waals surface area contributed by atoms with Crippen molar-refractivity contribution in [3.05, 3.63) is 82.1 Å². The lowest BCUT2D eigenvalue weighted by molar-refractivity contribution is -0.145. The molecular formula is C28H27F3N6O2S. The van der Waals surface area contributed by atoms with Crippen LogP contribution in [0.25, 0.3) is 11.0 Å². The minimum absolute atomic E-state index is 0.167. The summed E-state index contributed by atoms with van der Waals surface area (Å²) in [6.07, 6.45) is -1.68. The molecule has 0 bridgehead atoms. The molecule has 12 heteroatoms. The van der Waals surface area contributed by atoms with Crippen molar-refractivity contribution in [3.63, 3.8) is 0 Å². The second-order valence-electron chi connectivity index (χ2n) is 9.66. The van der Waals surface area contributed by atoms with Crippen LogP contribution in [-0.2, 0) is 6.42 Å². The van der Waals surface area contributed by atoms with Gasteiger partial charge in [-0.15, -0.1) is 0 Å². The molecule has 1 aliphatic rings. The molecule has 40 heavy (non-hydrogen) atoms. The average Bonchev–Trinajstić information content (AvgIpc) is 3.13. The van der Waals surface area contributed by atoms with Gasteiger partial charge in [0.15, 0.2) is 0 Å². The van der Waals surface area contributed by atoms with Crippen LogP contribution in [0.2, 0.25) is 0 Å². The van der Waals surface area contributed by atoms with Crippen molar-refractivity contribution in [3.8, 4) is 0 Å². The lowest BCUT2D eigenvalue weighted by atomic mass is 10.1. The lowest BCUT2D eigenvalue weighted by Gasteiger charge is -2.23. The van der Waals surface area contributed by atoms with Gasteiger partial charge in [0.05, 0.1) is 34.5 Å². The monoisotopic (exact) mass is 568 g/mol. The Morgan fingerprint density at radius 1 is 1.00 bits per heavy atom. The maximum atomic E-state index is 13.2. The van der Waals surface area contributed by atoms with Gasteiger partial charge < -0.3 is 10.2 Å². The number of carbonyl (C=O) groups excluding carboxylic acids is 2. The van der Waals surface area contributed by atoms with Gasteiger partial charge in [0.1, 0.15) is 0 Å². The number of alkyl halides is 3. The van der Waals surface area contributed by atoms with Gasteiger partial charge in [-0.25, -0.2) is 4.98 Å². The van der Waals surface area contributed by atoms with E-state index in [1.807, 2.05) is 24.3 Å². The highest BCUT2D eigenvalue weighted by molar-refractivity contribution is 7.06. The van der Waals surface area contributed by atoms with Crippen LogP contribution in [0.4, 0.5) is 18.9 Å². The maximum absolute atomic E-state index is 13.2. The highest BCUT2D eigenvalue weighted by Crippen LogP contribution is 2.24. The number of nitrogens with one attached hydrogen (secondary N) is 1. The van der Waals surface area contributed by atoms with Crippen LogP contribution in [-0.4, -0.2) is 74.9 Å². The predicted molar refractivity (Wildman–Crippen MR) is 147 cm³/mol. The van der Waals surface area contributed by atoms with Gasteiger partial charge in [0.2, 0.25) is 0 Å². The number of hydrogen-bond donors (Lipinski definition) is 1. The smallest absolute Gasteiger partial charge is 0.337 e. The molecule has 5 rings (SSSR count). The summed E-state index contributed by atoms with van der Waals surface area (Å²) in [4.78, 5) is 39.0. The van der Waals surface area contributed by atoms with E-state index in [4.69, 9.17) is 0 Å². The number of hydrogen-bond acceptors (Lipinski definition) is 7. The standard InChI is InChI=1S/C28H27F3N6O2S/c1-18-25(24(40-35-18)15-21-16-32-22-5-2-3-6-23(22)33-21)26(38)34-20-9-7-19(8-10-20)27(39)37-12-4-11-36(13-14-37)17-28(29,30)31/h2-3,5-10,16H,4,11-15,17H2,1H3,(H,34,38). The van der Waals surface area contributed by atoms with Crippen molar-refractivity contribution in [2.75, 3.05) is 38.0 Å². The SMILES string of the molecule is Cc1nsc(Cc2cnc3ccccc3n2)c1C(=O)Nc1ccc(C(=O)N2CCCN(CC(F)(F)F)CC2)cc1. The number of benzene rings is 2. The number of anilines is 1. The molecule has 0 saturated carbocycles. The summed E-state index contributed by atoms with van der Waals surface area (Å²) in [5, 5.41) is 2.88. The molecule has 0 spiro atoms. The maximum Gasteiger partial charge on any atom is 0.401 e. The van der Waals surface area contributed by atoms with Crippen molar-refractivity contribution in [1.82, 2.24) is 24.1 Å². The number of para-hydroxylation sites is 2. The van der Waals surface area contributed by atoms with Crippen LogP contribution in [0.15, 0.2) is 54.7 Å². The Kier molecular flexibility index (Phi) is 8.08. The fraction of sp³-hybridized carbons (Fsp3) is 0.321. The summed E-state index contributed by atoms with van der Waals surface area (Å²) >= 11 is 1.25. The van der Waals surface area contributed by atoms with Crippen LogP contribution < -0.4 is 5.32 Å². The molecule has 0 atom stereocenters. The molecule has 4 aromatic rings. The minimum atomic E-state index is -4.26. The zero-order valence-corrected chi connectivity index (χ0v) is 22.6. The Hall–Kier alpha value is -3.90. The van der Waals surface area contributed by atoms with Crippen molar-refractivity contribution in [1.29, 1.82) is 0 Å². The molecule has 1 N–H and O–H groups in total. The quantitative estimate of drug-likeness (QED) is 0.354. The largest absolute Gasteiger partial charge is 0.401 e. The summed E-state index contributed by atoms with van der Waals surface area (Å²) in [7, 11) is 0. The van der Waals surface area contributed by atoms with Gasteiger partial charge in [-0.05, 0) is 61.3 Å². The zero-order chi connectivity index (χ0) is 28.3. The third-order valence-corrected chi connectivity index (χ3v) is 7.60. The lowest BCUT2D eigenvalue weighted by Crippen LogP contribution is -2.38. The number of amides is 2. The van der Waals surface area contributed by atoms with Crippen LogP contribution in [0, 0.1) is 6.92 Å². The predicted octanol–water partition coefficient (Wildman–Crippen LogP) is 4.95. The van der Waals surface area contributed by atoms with Crippen LogP contribution >= 0.6 is 11.5 Å². The molecule has 1 saturated heterocycles. The fourth-order valence-electron chi connectivity index (χ4n) is 4.73. The summed E-state index contributed by atoms with van der Waals surface area (Å²) in [6.45, 7) is 1.88. The minimum Gasteiger partial charge on any atom is -0.337 e. The van der Waals surface area contributed by atoms with Crippen LogP contribution in [0.1, 0.15) is 43.4 Å². The molecule has 0 radical (unpaired) electrons. The average molecular weight is 569 g/mol. The molecule has 2 amide bonds. The van der Waals surface area contributed by atoms with Gasteiger partial charge in [-0.2, -0.15) is 17.5 Å². The van der Waals surface area contributed by atoms with Gasteiger partial charge in [0.25, 0.3) is 11.8 Å². The highest BCUT2D eigenvalue weighted by Gasteiger charge is 2.32. The van der Waals surface area contributed by atoms with Gasteiger partial charge in [-0.1, -0.05) is 12.1 Å². The Morgan fingerprint density at radius 3 is 2.50 bits per heavy atom. The summed E-state index contributed by atoms with van der Waals surface area (Å²) < 4.78 is 42.6. The molecule has 1 aliphatic heterocycles. The van der Waals surface area contributed by atoms with E-state index in [1.54, 1.807) is 42.3 Å². The Morgan fingerprint density at radius 2 is 1.75 bits per heavy atom. The zero-order valence-electron chi connectivity index (χ0n) is 21.7. The molecule has 8 nitrogen and oxygen atoms in total. The third kappa shape index (κ3) is 6.62. The second-order valence-corrected chi connectivity index (χ2v) is 10.5. The van der Waals surface area contributed by atoms with E-state index in [2.05, 4.69) is 19.7 Å². The molecule has 2 aromatic carbocycles. The number of nitrogens with zero attached hydrogens (tertiary/aromatic N) is 5. The summed E-state index contributed by atoms with van der Waals surface area (Å²) in [5.74, 6) is -0.560. The number of carbonyl (C=O) groups is 2. The normalized spacial score (nSPS) is 14.8. The Bertz CT molecular complexity index is 1520. The number of fused-ring (bicyclic) bond motifs is 1. The van der Waals surface area contributed by atoms with E-state index in [1.165, 1.54) is 16.4 Å². The van der Waals surface area contributed by atoms with Crippen molar-refractivity contribution < 1.29 is 22.8 Å². The van der Waals surface area contributed by atoms with Gasteiger partial charge >= 0.3 is 6.18 Å². The Labute approximate surface area is 233 Å².